The summed E-state index contributed by atoms with van der Waals surface area (Å²) in [5.41, 5.74) is 1.86. The van der Waals surface area contributed by atoms with Crippen LogP contribution in [-0.2, 0) is 0 Å². The second-order valence-electron chi connectivity index (χ2n) is 4.88. The molecular weight excluding hydrogens is 283 g/mol. The summed E-state index contributed by atoms with van der Waals surface area (Å²) in [6.07, 6.45) is -3.68. The molecular formula is C13H18F3N5. The molecule has 1 N–H and O–H groups in total. The van der Waals surface area contributed by atoms with E-state index in [2.05, 4.69) is 21.6 Å². The summed E-state index contributed by atoms with van der Waals surface area (Å²) in [6, 6.07) is 2.06. The Hall–Kier alpha value is -1.88. The zero-order valence-electron chi connectivity index (χ0n) is 12.3. The summed E-state index contributed by atoms with van der Waals surface area (Å²) >= 11 is 0. The number of halogens is 3. The van der Waals surface area contributed by atoms with Crippen molar-refractivity contribution >= 4 is 5.82 Å². The van der Waals surface area contributed by atoms with E-state index in [9.17, 15) is 13.2 Å². The molecule has 1 rings (SSSR count). The standard InChI is InChI=1S/C13H18F3N5/c1-9-10(2)19-20-12(11(9)7-17)18-5-4-6-21(3)8-13(14,15)16/h4-6,8H2,1-3H3,(H,18,20). The van der Waals surface area contributed by atoms with Gasteiger partial charge in [-0.15, -0.1) is 5.10 Å². The van der Waals surface area contributed by atoms with Gasteiger partial charge in [0.1, 0.15) is 11.6 Å². The van der Waals surface area contributed by atoms with Crippen LogP contribution in [0.4, 0.5) is 19.0 Å². The molecule has 21 heavy (non-hydrogen) atoms. The summed E-state index contributed by atoms with van der Waals surface area (Å²) in [7, 11) is 1.42. The van der Waals surface area contributed by atoms with Crippen LogP contribution >= 0.6 is 0 Å². The van der Waals surface area contributed by atoms with Gasteiger partial charge in [-0.25, -0.2) is 0 Å². The molecule has 1 aromatic rings. The van der Waals surface area contributed by atoms with Crippen LogP contribution in [0.3, 0.4) is 0 Å². The number of alkyl halides is 3. The van der Waals surface area contributed by atoms with Gasteiger partial charge in [-0.2, -0.15) is 23.5 Å². The van der Waals surface area contributed by atoms with Crippen LogP contribution in [0.2, 0.25) is 0 Å². The summed E-state index contributed by atoms with van der Waals surface area (Å²) in [6.45, 7) is 3.34. The predicted octanol–water partition coefficient (Wildman–Crippen LogP) is 2.26. The van der Waals surface area contributed by atoms with E-state index in [0.717, 1.165) is 5.56 Å². The Labute approximate surface area is 121 Å². The van der Waals surface area contributed by atoms with Crippen molar-refractivity contribution in [2.45, 2.75) is 26.4 Å². The number of aryl methyl sites for hydroxylation is 1. The SMILES string of the molecule is Cc1nnc(NCCCN(C)CC(F)(F)F)c(C#N)c1C. The second kappa shape index (κ2) is 7.22. The molecule has 0 aromatic carbocycles. The average Bonchev–Trinajstić information content (AvgIpc) is 2.36. The highest BCUT2D eigenvalue weighted by Gasteiger charge is 2.28. The molecule has 116 valence electrons. The number of hydrogen-bond donors (Lipinski definition) is 1. The minimum absolute atomic E-state index is 0.298. The number of nitriles is 1. The van der Waals surface area contributed by atoms with Crippen molar-refractivity contribution in [3.63, 3.8) is 0 Å². The number of aromatic nitrogens is 2. The third-order valence-electron chi connectivity index (χ3n) is 3.02. The number of rotatable bonds is 6. The van der Waals surface area contributed by atoms with Crippen molar-refractivity contribution in [3.05, 3.63) is 16.8 Å². The lowest BCUT2D eigenvalue weighted by Gasteiger charge is -2.18. The lowest BCUT2D eigenvalue weighted by atomic mass is 10.1. The highest BCUT2D eigenvalue weighted by molar-refractivity contribution is 5.55. The molecule has 5 nitrogen and oxygen atoms in total. The molecule has 0 aliphatic rings. The van der Waals surface area contributed by atoms with E-state index in [0.29, 0.717) is 36.6 Å². The first-order valence-electron chi connectivity index (χ1n) is 6.47. The highest BCUT2D eigenvalue weighted by atomic mass is 19.4. The highest BCUT2D eigenvalue weighted by Crippen LogP contribution is 2.17. The summed E-state index contributed by atoms with van der Waals surface area (Å²) < 4.78 is 36.4. The second-order valence-corrected chi connectivity index (χ2v) is 4.88. The van der Waals surface area contributed by atoms with Crippen molar-refractivity contribution in [3.8, 4) is 6.07 Å². The maximum Gasteiger partial charge on any atom is 0.401 e. The van der Waals surface area contributed by atoms with Gasteiger partial charge < -0.3 is 5.32 Å². The smallest absolute Gasteiger partial charge is 0.367 e. The molecule has 0 radical (unpaired) electrons. The van der Waals surface area contributed by atoms with E-state index in [1.807, 2.05) is 0 Å². The fourth-order valence-electron chi connectivity index (χ4n) is 1.81. The zero-order chi connectivity index (χ0) is 16.0. The molecule has 0 atom stereocenters. The van der Waals surface area contributed by atoms with Crippen LogP contribution in [0, 0.1) is 25.2 Å². The molecule has 0 fully saturated rings. The van der Waals surface area contributed by atoms with Gasteiger partial charge in [-0.1, -0.05) is 0 Å². The summed E-state index contributed by atoms with van der Waals surface area (Å²) in [5.74, 6) is 0.374. The molecule has 0 spiro atoms. The van der Waals surface area contributed by atoms with Crippen LogP contribution in [-0.4, -0.2) is 48.0 Å². The van der Waals surface area contributed by atoms with Gasteiger partial charge in [-0.05, 0) is 39.4 Å². The molecule has 0 saturated carbocycles. The maximum absolute atomic E-state index is 12.1. The first-order valence-corrected chi connectivity index (χ1v) is 6.47. The molecule has 0 saturated heterocycles. The normalized spacial score (nSPS) is 11.5. The zero-order valence-corrected chi connectivity index (χ0v) is 12.3. The van der Waals surface area contributed by atoms with Crippen molar-refractivity contribution in [1.29, 1.82) is 5.26 Å². The topological polar surface area (TPSA) is 64.8 Å². The lowest BCUT2D eigenvalue weighted by molar-refractivity contribution is -0.142. The Kier molecular flexibility index (Phi) is 5.90. The van der Waals surface area contributed by atoms with Gasteiger partial charge in [0.15, 0.2) is 5.82 Å². The first-order chi connectivity index (χ1) is 9.74. The number of anilines is 1. The molecule has 0 unspecified atom stereocenters. The van der Waals surface area contributed by atoms with E-state index in [1.165, 1.54) is 11.9 Å². The Morgan fingerprint density at radius 1 is 1.29 bits per heavy atom. The Balaban J connectivity index is 2.47. The maximum atomic E-state index is 12.1. The molecule has 0 aliphatic heterocycles. The van der Waals surface area contributed by atoms with Crippen LogP contribution in [0.1, 0.15) is 23.2 Å². The monoisotopic (exact) mass is 301 g/mol. The Morgan fingerprint density at radius 3 is 2.52 bits per heavy atom. The van der Waals surface area contributed by atoms with E-state index in [1.54, 1.807) is 13.8 Å². The van der Waals surface area contributed by atoms with E-state index in [-0.39, 0.29) is 0 Å². The first kappa shape index (κ1) is 17.2. The van der Waals surface area contributed by atoms with E-state index >= 15 is 0 Å². The fraction of sp³-hybridized carbons (Fsp3) is 0.615. The van der Waals surface area contributed by atoms with Gasteiger partial charge in [-0.3, -0.25) is 4.90 Å². The third-order valence-corrected chi connectivity index (χ3v) is 3.02. The number of nitrogens with one attached hydrogen (secondary N) is 1. The number of nitrogens with zero attached hydrogens (tertiary/aromatic N) is 4. The van der Waals surface area contributed by atoms with Gasteiger partial charge in [0.2, 0.25) is 0 Å². The van der Waals surface area contributed by atoms with Gasteiger partial charge in [0.25, 0.3) is 0 Å². The quantitative estimate of drug-likeness (QED) is 0.817. The molecule has 1 aromatic heterocycles. The molecule has 1 heterocycles. The summed E-state index contributed by atoms with van der Waals surface area (Å²) in [5, 5.41) is 19.9. The fourth-order valence-corrected chi connectivity index (χ4v) is 1.81. The minimum atomic E-state index is -4.18. The van der Waals surface area contributed by atoms with Gasteiger partial charge in [0, 0.05) is 6.54 Å². The predicted molar refractivity (Wildman–Crippen MR) is 72.9 cm³/mol. The molecule has 8 heteroatoms. The van der Waals surface area contributed by atoms with E-state index in [4.69, 9.17) is 5.26 Å². The largest absolute Gasteiger partial charge is 0.401 e. The lowest BCUT2D eigenvalue weighted by Crippen LogP contribution is -2.32. The summed E-state index contributed by atoms with van der Waals surface area (Å²) in [4.78, 5) is 1.21. The van der Waals surface area contributed by atoms with Crippen molar-refractivity contribution < 1.29 is 13.2 Å². The third kappa shape index (κ3) is 5.55. The van der Waals surface area contributed by atoms with Crippen molar-refractivity contribution in [2.24, 2.45) is 0 Å². The van der Waals surface area contributed by atoms with Crippen LogP contribution in [0.15, 0.2) is 0 Å². The Morgan fingerprint density at radius 2 is 1.95 bits per heavy atom. The van der Waals surface area contributed by atoms with Crippen LogP contribution < -0.4 is 5.32 Å². The van der Waals surface area contributed by atoms with Crippen LogP contribution in [0.5, 0.6) is 0 Å². The van der Waals surface area contributed by atoms with Gasteiger partial charge >= 0.3 is 6.18 Å². The van der Waals surface area contributed by atoms with E-state index < -0.39 is 12.7 Å². The van der Waals surface area contributed by atoms with Crippen molar-refractivity contribution in [1.82, 2.24) is 15.1 Å². The number of hydrogen-bond acceptors (Lipinski definition) is 5. The molecule has 0 aliphatic carbocycles. The average molecular weight is 301 g/mol. The van der Waals surface area contributed by atoms with Crippen LogP contribution in [0.25, 0.3) is 0 Å². The Bertz CT molecular complexity index is 522. The van der Waals surface area contributed by atoms with Crippen molar-refractivity contribution in [2.75, 3.05) is 32.0 Å². The van der Waals surface area contributed by atoms with Gasteiger partial charge in [0.05, 0.1) is 12.2 Å². The molecule has 0 amide bonds. The molecule has 0 bridgehead atoms. The minimum Gasteiger partial charge on any atom is -0.367 e.